The van der Waals surface area contributed by atoms with Gasteiger partial charge >= 0.3 is 6.18 Å². The van der Waals surface area contributed by atoms with Gasteiger partial charge < -0.3 is 4.74 Å². The molecule has 28 heavy (non-hydrogen) atoms. The lowest BCUT2D eigenvalue weighted by Gasteiger charge is -2.28. The number of rotatable bonds is 3. The summed E-state index contributed by atoms with van der Waals surface area (Å²) in [6.45, 7) is 10.2. The van der Waals surface area contributed by atoms with Crippen molar-refractivity contribution in [1.82, 2.24) is 0 Å². The third kappa shape index (κ3) is 5.98. The highest BCUT2D eigenvalue weighted by molar-refractivity contribution is 5.92. The van der Waals surface area contributed by atoms with Crippen molar-refractivity contribution in [2.45, 2.75) is 72.6 Å². The lowest BCUT2D eigenvalue weighted by molar-refractivity contribution is -0.138. The number of halogens is 3. The van der Waals surface area contributed by atoms with Crippen molar-refractivity contribution < 1.29 is 22.7 Å². The molecule has 3 rings (SSSR count). The number of ether oxygens (including phenoxy) is 1. The van der Waals surface area contributed by atoms with Crippen LogP contribution >= 0.6 is 0 Å². The Hall–Kier alpha value is -2.04. The first kappa shape index (κ1) is 24.0. The topological polar surface area (TPSA) is 26.3 Å². The molecule has 2 aromatic rings. The number of fused-ring (bicyclic) bond motifs is 1. The molecule has 1 aliphatic rings. The van der Waals surface area contributed by atoms with Crippen LogP contribution in [0.1, 0.15) is 76.2 Å². The number of hydrogen-bond donors (Lipinski definition) is 0. The highest BCUT2D eigenvalue weighted by Gasteiger charge is 2.37. The molecule has 0 N–H and O–H groups in total. The molecule has 0 unspecified atom stereocenters. The Morgan fingerprint density at radius 2 is 1.57 bits per heavy atom. The Kier molecular flexibility index (Phi) is 9.50. The van der Waals surface area contributed by atoms with Crippen LogP contribution in [0.15, 0.2) is 30.3 Å². The molecule has 0 saturated heterocycles. The second kappa shape index (κ2) is 11.1. The van der Waals surface area contributed by atoms with Crippen LogP contribution < -0.4 is 4.74 Å². The number of carbonyl (C=O) groups excluding carboxylic acids is 1. The van der Waals surface area contributed by atoms with Crippen molar-refractivity contribution in [1.29, 1.82) is 0 Å². The summed E-state index contributed by atoms with van der Waals surface area (Å²) in [4.78, 5) is 10.8. The Labute approximate surface area is 166 Å². The van der Waals surface area contributed by atoms with E-state index < -0.39 is 11.7 Å². The summed E-state index contributed by atoms with van der Waals surface area (Å²) in [6.07, 6.45) is -0.556. The predicted molar refractivity (Wildman–Crippen MR) is 109 cm³/mol. The number of alkyl halides is 3. The summed E-state index contributed by atoms with van der Waals surface area (Å²) >= 11 is 0. The predicted octanol–water partition coefficient (Wildman–Crippen LogP) is 7.68. The largest absolute Gasteiger partial charge is 0.490 e. The fourth-order valence-electron chi connectivity index (χ4n) is 3.32. The van der Waals surface area contributed by atoms with Crippen LogP contribution in [0.3, 0.4) is 0 Å². The SMILES string of the molecule is CC.CC.CC1CCC(Oc2ccc3cc(C=O)ccc3c2C(F)(F)F)CC1. The van der Waals surface area contributed by atoms with Gasteiger partial charge in [0.1, 0.15) is 17.6 Å². The fraction of sp³-hybridized carbons (Fsp3) is 0.522. The smallest absolute Gasteiger partial charge is 0.420 e. The maximum Gasteiger partial charge on any atom is 0.420 e. The van der Waals surface area contributed by atoms with Crippen molar-refractivity contribution in [2.24, 2.45) is 5.92 Å². The van der Waals surface area contributed by atoms with Crippen LogP contribution in [-0.2, 0) is 6.18 Å². The molecule has 1 fully saturated rings. The van der Waals surface area contributed by atoms with Crippen LogP contribution in [0, 0.1) is 5.92 Å². The van der Waals surface area contributed by atoms with Crippen LogP contribution in [-0.4, -0.2) is 12.4 Å². The van der Waals surface area contributed by atoms with Gasteiger partial charge in [0.15, 0.2) is 0 Å². The summed E-state index contributed by atoms with van der Waals surface area (Å²) in [5.74, 6) is 0.485. The van der Waals surface area contributed by atoms with E-state index in [1.807, 2.05) is 27.7 Å². The van der Waals surface area contributed by atoms with E-state index >= 15 is 0 Å². The van der Waals surface area contributed by atoms with Gasteiger partial charge in [-0.2, -0.15) is 13.2 Å². The minimum absolute atomic E-state index is 0.0646. The van der Waals surface area contributed by atoms with Gasteiger partial charge in [0.2, 0.25) is 0 Å². The molecule has 1 aliphatic carbocycles. The van der Waals surface area contributed by atoms with Crippen molar-refractivity contribution in [2.75, 3.05) is 0 Å². The van der Waals surface area contributed by atoms with Crippen molar-refractivity contribution >= 4 is 17.1 Å². The molecule has 5 heteroatoms. The molecule has 0 bridgehead atoms. The zero-order valence-corrected chi connectivity index (χ0v) is 17.4. The molecular formula is C23H31F3O2. The zero-order valence-electron chi connectivity index (χ0n) is 17.4. The molecule has 0 amide bonds. The van der Waals surface area contributed by atoms with E-state index in [1.54, 1.807) is 6.07 Å². The average Bonchev–Trinajstić information content (AvgIpc) is 2.71. The molecule has 0 aromatic heterocycles. The zero-order chi connectivity index (χ0) is 21.3. The summed E-state index contributed by atoms with van der Waals surface area (Å²) in [6, 6.07) is 7.16. The number of hydrogen-bond acceptors (Lipinski definition) is 2. The maximum atomic E-state index is 13.6. The van der Waals surface area contributed by atoms with Crippen molar-refractivity contribution in [3.63, 3.8) is 0 Å². The fourth-order valence-corrected chi connectivity index (χ4v) is 3.32. The Morgan fingerprint density at radius 3 is 2.11 bits per heavy atom. The minimum Gasteiger partial charge on any atom is -0.490 e. The summed E-state index contributed by atoms with van der Waals surface area (Å²) in [5.41, 5.74) is -0.401. The summed E-state index contributed by atoms with van der Waals surface area (Å²) in [7, 11) is 0. The van der Waals surface area contributed by atoms with Gasteiger partial charge in [-0.25, -0.2) is 0 Å². The lowest BCUT2D eigenvalue weighted by atomic mass is 9.89. The second-order valence-electron chi connectivity index (χ2n) is 6.53. The third-order valence-electron chi connectivity index (χ3n) is 4.68. The Bertz CT molecular complexity index is 745. The van der Waals surface area contributed by atoms with Gasteiger partial charge in [-0.1, -0.05) is 52.8 Å². The first-order valence-corrected chi connectivity index (χ1v) is 10.1. The molecule has 0 radical (unpaired) electrons. The van der Waals surface area contributed by atoms with Crippen LogP contribution in [0.25, 0.3) is 10.8 Å². The van der Waals surface area contributed by atoms with E-state index in [4.69, 9.17) is 4.74 Å². The molecule has 0 aliphatic heterocycles. The van der Waals surface area contributed by atoms with Gasteiger partial charge in [0, 0.05) is 5.56 Å². The van der Waals surface area contributed by atoms with E-state index in [0.29, 0.717) is 23.2 Å². The van der Waals surface area contributed by atoms with Gasteiger partial charge in [-0.3, -0.25) is 4.79 Å². The van der Waals surface area contributed by atoms with E-state index in [9.17, 15) is 18.0 Å². The Balaban J connectivity index is 0.000000921. The highest BCUT2D eigenvalue weighted by Crippen LogP contribution is 2.42. The standard InChI is InChI=1S/C19H19F3O2.2C2H6/c1-12-2-6-15(7-3-12)24-17-9-5-14-10-13(11-23)4-8-16(14)18(17)19(20,21)22;2*1-2/h4-5,8-12,15H,2-3,6-7H2,1H3;2*1-2H3. The van der Waals surface area contributed by atoms with Crippen LogP contribution in [0.2, 0.25) is 0 Å². The van der Waals surface area contributed by atoms with Gasteiger partial charge in [-0.05, 0) is 54.5 Å². The first-order chi connectivity index (χ1) is 13.4. The van der Waals surface area contributed by atoms with Gasteiger partial charge in [0.25, 0.3) is 0 Å². The van der Waals surface area contributed by atoms with Crippen LogP contribution in [0.5, 0.6) is 5.75 Å². The summed E-state index contributed by atoms with van der Waals surface area (Å²) < 4.78 is 46.6. The molecule has 2 aromatic carbocycles. The van der Waals surface area contributed by atoms with Crippen molar-refractivity contribution in [3.8, 4) is 5.75 Å². The second-order valence-corrected chi connectivity index (χ2v) is 6.53. The molecular weight excluding hydrogens is 365 g/mol. The van der Waals surface area contributed by atoms with E-state index in [0.717, 1.165) is 25.7 Å². The summed E-state index contributed by atoms with van der Waals surface area (Å²) in [5, 5.41) is 0.450. The normalized spacial score (nSPS) is 19.0. The lowest BCUT2D eigenvalue weighted by Crippen LogP contribution is -2.24. The minimum atomic E-state index is -4.51. The monoisotopic (exact) mass is 396 g/mol. The van der Waals surface area contributed by atoms with E-state index in [1.165, 1.54) is 24.3 Å². The van der Waals surface area contributed by atoms with Gasteiger partial charge in [-0.15, -0.1) is 0 Å². The first-order valence-electron chi connectivity index (χ1n) is 10.1. The van der Waals surface area contributed by atoms with Crippen molar-refractivity contribution in [3.05, 3.63) is 41.5 Å². The molecule has 156 valence electrons. The Morgan fingerprint density at radius 1 is 0.964 bits per heavy atom. The average molecular weight is 396 g/mol. The maximum absolute atomic E-state index is 13.6. The molecule has 0 heterocycles. The number of aldehydes is 1. The highest BCUT2D eigenvalue weighted by atomic mass is 19.4. The van der Waals surface area contributed by atoms with E-state index in [2.05, 4.69) is 6.92 Å². The van der Waals surface area contributed by atoms with Crippen LogP contribution in [0.4, 0.5) is 13.2 Å². The number of carbonyl (C=O) groups is 1. The van der Waals surface area contributed by atoms with Gasteiger partial charge in [0.05, 0.1) is 6.10 Å². The third-order valence-corrected chi connectivity index (χ3v) is 4.68. The quantitative estimate of drug-likeness (QED) is 0.497. The molecule has 1 saturated carbocycles. The molecule has 0 atom stereocenters. The van der Waals surface area contributed by atoms with E-state index in [-0.39, 0.29) is 17.2 Å². The molecule has 2 nitrogen and oxygen atoms in total. The number of benzene rings is 2. The molecule has 0 spiro atoms.